The summed E-state index contributed by atoms with van der Waals surface area (Å²) in [6.07, 6.45) is 2.68. The molecule has 1 rings (SSSR count). The van der Waals surface area contributed by atoms with Crippen LogP contribution >= 0.6 is 0 Å². The predicted octanol–water partition coefficient (Wildman–Crippen LogP) is 0.459. The molecule has 1 saturated heterocycles. The van der Waals surface area contributed by atoms with Crippen LogP contribution < -0.4 is 5.73 Å². The fourth-order valence-corrected chi connectivity index (χ4v) is 2.18. The van der Waals surface area contributed by atoms with Gasteiger partial charge in [0.2, 0.25) is 0 Å². The lowest BCUT2D eigenvalue weighted by molar-refractivity contribution is -0.00461. The summed E-state index contributed by atoms with van der Waals surface area (Å²) in [6.45, 7) is 4.97. The first kappa shape index (κ1) is 12.9. The number of nitrogens with zero attached hydrogens (tertiary/aromatic N) is 1. The average Bonchev–Trinajstić information content (AvgIpc) is 2.68. The van der Waals surface area contributed by atoms with Gasteiger partial charge in [-0.15, -0.1) is 0 Å². The van der Waals surface area contributed by atoms with Crippen LogP contribution in [0.4, 0.5) is 0 Å². The summed E-state index contributed by atoms with van der Waals surface area (Å²) >= 11 is 0. The maximum atomic E-state index is 5.51. The van der Waals surface area contributed by atoms with E-state index in [-0.39, 0.29) is 12.2 Å². The van der Waals surface area contributed by atoms with Crippen molar-refractivity contribution >= 4 is 0 Å². The minimum atomic E-state index is 0.218. The molecule has 0 saturated carbocycles. The van der Waals surface area contributed by atoms with Gasteiger partial charge in [-0.05, 0) is 26.3 Å². The van der Waals surface area contributed by atoms with Crippen LogP contribution in [0.1, 0.15) is 19.8 Å². The molecule has 15 heavy (non-hydrogen) atoms. The number of hydrogen-bond donors (Lipinski definition) is 1. The molecule has 3 unspecified atom stereocenters. The Labute approximate surface area is 92.7 Å². The van der Waals surface area contributed by atoms with Crippen molar-refractivity contribution in [2.75, 3.05) is 33.9 Å². The third-order valence-electron chi connectivity index (χ3n) is 3.30. The van der Waals surface area contributed by atoms with Crippen LogP contribution in [0.2, 0.25) is 0 Å². The van der Waals surface area contributed by atoms with Crippen molar-refractivity contribution in [1.82, 2.24) is 4.90 Å². The molecule has 1 aliphatic heterocycles. The minimum absolute atomic E-state index is 0.218. The molecule has 0 aromatic heterocycles. The van der Waals surface area contributed by atoms with Crippen LogP contribution in [0, 0.1) is 0 Å². The number of hydrogen-bond acceptors (Lipinski definition) is 4. The fraction of sp³-hybridized carbons (Fsp3) is 1.00. The maximum absolute atomic E-state index is 5.51. The SMILES string of the molecule is COC1CN(C(C)CCCN)CC1OC. The second kappa shape index (κ2) is 6.43. The van der Waals surface area contributed by atoms with Crippen LogP contribution in [0.15, 0.2) is 0 Å². The lowest BCUT2D eigenvalue weighted by Crippen LogP contribution is -2.32. The highest BCUT2D eigenvalue weighted by atomic mass is 16.5. The second-order valence-electron chi connectivity index (χ2n) is 4.28. The molecule has 0 amide bonds. The van der Waals surface area contributed by atoms with E-state index in [9.17, 15) is 0 Å². The van der Waals surface area contributed by atoms with Crippen molar-refractivity contribution in [3.05, 3.63) is 0 Å². The van der Waals surface area contributed by atoms with Gasteiger partial charge in [0.05, 0.1) is 12.2 Å². The quantitative estimate of drug-likeness (QED) is 0.701. The Kier molecular flexibility index (Phi) is 5.53. The molecule has 0 radical (unpaired) electrons. The Balaban J connectivity index is 2.38. The smallest absolute Gasteiger partial charge is 0.0971 e. The van der Waals surface area contributed by atoms with E-state index in [1.807, 2.05) is 0 Å². The molecule has 0 bridgehead atoms. The summed E-state index contributed by atoms with van der Waals surface area (Å²) in [5.41, 5.74) is 5.51. The van der Waals surface area contributed by atoms with E-state index in [0.29, 0.717) is 6.04 Å². The van der Waals surface area contributed by atoms with Gasteiger partial charge in [0.1, 0.15) is 0 Å². The maximum Gasteiger partial charge on any atom is 0.0971 e. The Morgan fingerprint density at radius 1 is 1.27 bits per heavy atom. The highest BCUT2D eigenvalue weighted by Gasteiger charge is 2.34. The molecule has 1 aliphatic rings. The van der Waals surface area contributed by atoms with E-state index in [0.717, 1.165) is 32.5 Å². The third-order valence-corrected chi connectivity index (χ3v) is 3.30. The number of methoxy groups -OCH3 is 2. The van der Waals surface area contributed by atoms with E-state index in [1.165, 1.54) is 0 Å². The van der Waals surface area contributed by atoms with Gasteiger partial charge in [0.25, 0.3) is 0 Å². The zero-order valence-corrected chi connectivity index (χ0v) is 10.1. The van der Waals surface area contributed by atoms with E-state index in [4.69, 9.17) is 15.2 Å². The molecule has 0 spiro atoms. The fourth-order valence-electron chi connectivity index (χ4n) is 2.18. The number of ether oxygens (including phenoxy) is 2. The monoisotopic (exact) mass is 216 g/mol. The third kappa shape index (κ3) is 3.41. The molecule has 0 aromatic carbocycles. The van der Waals surface area contributed by atoms with Crippen molar-refractivity contribution in [2.45, 2.75) is 38.0 Å². The van der Waals surface area contributed by atoms with Gasteiger partial charge in [-0.3, -0.25) is 4.90 Å². The van der Waals surface area contributed by atoms with Gasteiger partial charge >= 0.3 is 0 Å². The average molecular weight is 216 g/mol. The van der Waals surface area contributed by atoms with Crippen molar-refractivity contribution in [3.8, 4) is 0 Å². The predicted molar refractivity (Wildman–Crippen MR) is 60.9 cm³/mol. The zero-order chi connectivity index (χ0) is 11.3. The summed E-state index contributed by atoms with van der Waals surface area (Å²) in [5.74, 6) is 0. The van der Waals surface area contributed by atoms with Gasteiger partial charge in [-0.1, -0.05) is 0 Å². The molecule has 2 N–H and O–H groups in total. The van der Waals surface area contributed by atoms with Crippen molar-refractivity contribution in [2.24, 2.45) is 5.73 Å². The first-order valence-electron chi connectivity index (χ1n) is 5.72. The number of rotatable bonds is 6. The molecule has 0 aromatic rings. The normalized spacial score (nSPS) is 29.6. The van der Waals surface area contributed by atoms with E-state index in [2.05, 4.69) is 11.8 Å². The Morgan fingerprint density at radius 3 is 2.20 bits per heavy atom. The van der Waals surface area contributed by atoms with Crippen LogP contribution in [0.5, 0.6) is 0 Å². The minimum Gasteiger partial charge on any atom is -0.377 e. The Hall–Kier alpha value is -0.160. The van der Waals surface area contributed by atoms with E-state index in [1.54, 1.807) is 14.2 Å². The van der Waals surface area contributed by atoms with Gasteiger partial charge in [-0.25, -0.2) is 0 Å². The lowest BCUT2D eigenvalue weighted by atomic mass is 10.1. The van der Waals surface area contributed by atoms with Gasteiger partial charge < -0.3 is 15.2 Å². The molecule has 3 atom stereocenters. The van der Waals surface area contributed by atoms with Crippen molar-refractivity contribution in [3.63, 3.8) is 0 Å². The molecule has 90 valence electrons. The van der Waals surface area contributed by atoms with Gasteiger partial charge in [0.15, 0.2) is 0 Å². The first-order chi connectivity index (χ1) is 7.22. The summed E-state index contributed by atoms with van der Waals surface area (Å²) in [4.78, 5) is 2.43. The molecule has 1 fully saturated rings. The van der Waals surface area contributed by atoms with E-state index < -0.39 is 0 Å². The highest BCUT2D eigenvalue weighted by Crippen LogP contribution is 2.19. The molecule has 0 aliphatic carbocycles. The van der Waals surface area contributed by atoms with Crippen molar-refractivity contribution in [1.29, 1.82) is 0 Å². The molecule has 4 nitrogen and oxygen atoms in total. The Morgan fingerprint density at radius 2 is 1.80 bits per heavy atom. The first-order valence-corrected chi connectivity index (χ1v) is 5.72. The van der Waals surface area contributed by atoms with Crippen LogP contribution in [-0.2, 0) is 9.47 Å². The van der Waals surface area contributed by atoms with Crippen LogP contribution in [0.25, 0.3) is 0 Å². The summed E-state index contributed by atoms with van der Waals surface area (Å²) in [5, 5.41) is 0. The van der Waals surface area contributed by atoms with Crippen molar-refractivity contribution < 1.29 is 9.47 Å². The topological polar surface area (TPSA) is 47.7 Å². The van der Waals surface area contributed by atoms with Crippen LogP contribution in [-0.4, -0.2) is 57.0 Å². The van der Waals surface area contributed by atoms with Gasteiger partial charge in [-0.2, -0.15) is 0 Å². The molecule has 4 heteroatoms. The highest BCUT2D eigenvalue weighted by molar-refractivity contribution is 4.88. The van der Waals surface area contributed by atoms with Gasteiger partial charge in [0, 0.05) is 33.4 Å². The summed E-state index contributed by atoms with van der Waals surface area (Å²) < 4.78 is 10.8. The largest absolute Gasteiger partial charge is 0.377 e. The summed E-state index contributed by atoms with van der Waals surface area (Å²) in [6, 6.07) is 0.575. The Bertz CT molecular complexity index is 166. The standard InChI is InChI=1S/C11H24N2O2/c1-9(5-4-6-12)13-7-10(14-2)11(8-13)15-3/h9-11H,4-8,12H2,1-3H3. The zero-order valence-electron chi connectivity index (χ0n) is 10.1. The second-order valence-corrected chi connectivity index (χ2v) is 4.28. The van der Waals surface area contributed by atoms with E-state index >= 15 is 0 Å². The molecular formula is C11H24N2O2. The molecule has 1 heterocycles. The number of nitrogens with two attached hydrogens (primary N) is 1. The number of likely N-dealkylation sites (tertiary alicyclic amines) is 1. The molecular weight excluding hydrogens is 192 g/mol. The van der Waals surface area contributed by atoms with Crippen LogP contribution in [0.3, 0.4) is 0 Å². The summed E-state index contributed by atoms with van der Waals surface area (Å²) in [7, 11) is 3.51. The lowest BCUT2D eigenvalue weighted by Gasteiger charge is -2.23.